The molecule has 5 nitrogen and oxygen atoms in total. The molecule has 1 rings (SSSR count). The second kappa shape index (κ2) is 4.74. The number of aliphatic hydroxyl groups is 1. The van der Waals surface area contributed by atoms with E-state index in [1.807, 2.05) is 6.92 Å². The molecule has 0 aromatic carbocycles. The van der Waals surface area contributed by atoms with Crippen LogP contribution < -0.4 is 11.1 Å². The molecular formula is C8H14N4O. The fraction of sp³-hybridized carbons (Fsp3) is 0.500. The lowest BCUT2D eigenvalue weighted by molar-refractivity contribution is 0.281. The molecular weight excluding hydrogens is 168 g/mol. The highest BCUT2D eigenvalue weighted by molar-refractivity contribution is 5.32. The lowest BCUT2D eigenvalue weighted by Crippen LogP contribution is -2.20. The number of hydrogen-bond donors (Lipinski definition) is 3. The predicted molar refractivity (Wildman–Crippen MR) is 50.1 cm³/mol. The average Bonchev–Trinajstić information content (AvgIpc) is 2.19. The maximum Gasteiger partial charge on any atom is 0.144 e. The molecule has 0 aliphatic rings. The normalized spacial score (nSPS) is 12.5. The number of aliphatic hydroxyl groups excluding tert-OH is 1. The Morgan fingerprint density at radius 1 is 1.54 bits per heavy atom. The van der Waals surface area contributed by atoms with Gasteiger partial charge in [-0.3, -0.25) is 4.98 Å². The predicted octanol–water partition coefficient (Wildman–Crippen LogP) is -0.272. The monoisotopic (exact) mass is 182 g/mol. The van der Waals surface area contributed by atoms with Gasteiger partial charge in [0.15, 0.2) is 0 Å². The molecule has 4 N–H and O–H groups in total. The summed E-state index contributed by atoms with van der Waals surface area (Å²) < 4.78 is 0. The summed E-state index contributed by atoms with van der Waals surface area (Å²) in [6.45, 7) is 2.32. The van der Waals surface area contributed by atoms with Crippen LogP contribution in [0.2, 0.25) is 0 Å². The first-order valence-corrected chi connectivity index (χ1v) is 4.14. The van der Waals surface area contributed by atoms with Crippen LogP contribution in [0.3, 0.4) is 0 Å². The van der Waals surface area contributed by atoms with E-state index in [0.717, 1.165) is 5.69 Å². The maximum absolute atomic E-state index is 8.77. The van der Waals surface area contributed by atoms with Crippen LogP contribution >= 0.6 is 0 Å². The highest BCUT2D eigenvalue weighted by Crippen LogP contribution is 2.02. The Bertz CT molecular complexity index is 249. The summed E-state index contributed by atoms with van der Waals surface area (Å²) >= 11 is 0. The molecule has 1 atom stereocenters. The first kappa shape index (κ1) is 9.88. The number of hydrogen-bond acceptors (Lipinski definition) is 5. The first-order valence-electron chi connectivity index (χ1n) is 4.14. The van der Waals surface area contributed by atoms with Crippen molar-refractivity contribution in [3.8, 4) is 0 Å². The Balaban J connectivity index is 2.58. The lowest BCUT2D eigenvalue weighted by atomic mass is 10.3. The topological polar surface area (TPSA) is 84.1 Å². The minimum atomic E-state index is -0.0157. The van der Waals surface area contributed by atoms with E-state index in [4.69, 9.17) is 10.8 Å². The van der Waals surface area contributed by atoms with Gasteiger partial charge in [0.25, 0.3) is 0 Å². The molecule has 0 aliphatic carbocycles. The number of rotatable bonds is 4. The van der Waals surface area contributed by atoms with E-state index in [9.17, 15) is 0 Å². The van der Waals surface area contributed by atoms with Crippen LogP contribution in [0, 0.1) is 0 Å². The summed E-state index contributed by atoms with van der Waals surface area (Å²) in [4.78, 5) is 8.13. The molecule has 1 aromatic rings. The van der Waals surface area contributed by atoms with Crippen molar-refractivity contribution in [2.75, 3.05) is 11.9 Å². The molecule has 1 aromatic heterocycles. The van der Waals surface area contributed by atoms with Crippen LogP contribution in [0.5, 0.6) is 0 Å². The molecule has 0 saturated carbocycles. The average molecular weight is 182 g/mol. The Morgan fingerprint density at radius 2 is 2.31 bits per heavy atom. The van der Waals surface area contributed by atoms with Crippen molar-refractivity contribution in [2.45, 2.75) is 19.5 Å². The van der Waals surface area contributed by atoms with Crippen molar-refractivity contribution < 1.29 is 5.11 Å². The SMILES string of the molecule is CC(CO)Nc1cnc(CN)cn1. The van der Waals surface area contributed by atoms with Gasteiger partial charge in [-0.25, -0.2) is 4.98 Å². The van der Waals surface area contributed by atoms with E-state index >= 15 is 0 Å². The summed E-state index contributed by atoms with van der Waals surface area (Å²) in [5.41, 5.74) is 6.12. The third-order valence-corrected chi connectivity index (χ3v) is 1.58. The van der Waals surface area contributed by atoms with Crippen LogP contribution in [0.25, 0.3) is 0 Å². The quantitative estimate of drug-likeness (QED) is 0.597. The molecule has 0 radical (unpaired) electrons. The fourth-order valence-electron chi connectivity index (χ4n) is 0.833. The first-order chi connectivity index (χ1) is 6.26. The molecule has 0 fully saturated rings. The zero-order valence-electron chi connectivity index (χ0n) is 7.57. The Hall–Kier alpha value is -1.20. The molecule has 1 heterocycles. The van der Waals surface area contributed by atoms with Crippen LogP contribution in [-0.2, 0) is 6.54 Å². The Labute approximate surface area is 77.0 Å². The van der Waals surface area contributed by atoms with Crippen molar-refractivity contribution in [1.29, 1.82) is 0 Å². The lowest BCUT2D eigenvalue weighted by Gasteiger charge is -2.10. The van der Waals surface area contributed by atoms with E-state index in [0.29, 0.717) is 12.4 Å². The third-order valence-electron chi connectivity index (χ3n) is 1.58. The second-order valence-electron chi connectivity index (χ2n) is 2.83. The highest BCUT2D eigenvalue weighted by atomic mass is 16.3. The van der Waals surface area contributed by atoms with Gasteiger partial charge in [0.05, 0.1) is 24.7 Å². The largest absolute Gasteiger partial charge is 0.394 e. The van der Waals surface area contributed by atoms with Gasteiger partial charge in [0, 0.05) is 12.6 Å². The van der Waals surface area contributed by atoms with Crippen LogP contribution in [0.1, 0.15) is 12.6 Å². The molecule has 5 heteroatoms. The number of aromatic nitrogens is 2. The minimum absolute atomic E-state index is 0.0157. The van der Waals surface area contributed by atoms with E-state index in [-0.39, 0.29) is 12.6 Å². The van der Waals surface area contributed by atoms with Gasteiger partial charge in [0.1, 0.15) is 5.82 Å². The zero-order chi connectivity index (χ0) is 9.68. The molecule has 0 aliphatic heterocycles. The van der Waals surface area contributed by atoms with E-state index in [2.05, 4.69) is 15.3 Å². The van der Waals surface area contributed by atoms with Gasteiger partial charge in [-0.05, 0) is 6.92 Å². The van der Waals surface area contributed by atoms with Gasteiger partial charge in [-0.1, -0.05) is 0 Å². The van der Waals surface area contributed by atoms with Crippen molar-refractivity contribution in [3.63, 3.8) is 0 Å². The zero-order valence-corrected chi connectivity index (χ0v) is 7.57. The van der Waals surface area contributed by atoms with Crippen LogP contribution in [0.4, 0.5) is 5.82 Å². The van der Waals surface area contributed by atoms with Gasteiger partial charge >= 0.3 is 0 Å². The van der Waals surface area contributed by atoms with Crippen molar-refractivity contribution in [1.82, 2.24) is 9.97 Å². The molecule has 0 spiro atoms. The van der Waals surface area contributed by atoms with E-state index in [1.54, 1.807) is 12.4 Å². The molecule has 1 unspecified atom stereocenters. The number of anilines is 1. The van der Waals surface area contributed by atoms with Gasteiger partial charge in [-0.15, -0.1) is 0 Å². The number of nitrogens with one attached hydrogen (secondary N) is 1. The summed E-state index contributed by atoms with van der Waals surface area (Å²) in [5.74, 6) is 0.652. The van der Waals surface area contributed by atoms with Crippen molar-refractivity contribution >= 4 is 5.82 Å². The molecule has 0 amide bonds. The van der Waals surface area contributed by atoms with Gasteiger partial charge in [-0.2, -0.15) is 0 Å². The van der Waals surface area contributed by atoms with E-state index < -0.39 is 0 Å². The fourth-order valence-corrected chi connectivity index (χ4v) is 0.833. The molecule has 0 saturated heterocycles. The summed E-state index contributed by atoms with van der Waals surface area (Å²) in [6, 6.07) is -0.0157. The van der Waals surface area contributed by atoms with Gasteiger partial charge in [0.2, 0.25) is 0 Å². The molecule has 0 bridgehead atoms. The summed E-state index contributed by atoms with van der Waals surface area (Å²) in [6.07, 6.45) is 3.22. The Kier molecular flexibility index (Phi) is 3.60. The number of nitrogens with zero attached hydrogens (tertiary/aromatic N) is 2. The summed E-state index contributed by atoms with van der Waals surface area (Å²) in [5, 5.41) is 11.7. The van der Waals surface area contributed by atoms with Gasteiger partial charge < -0.3 is 16.2 Å². The highest BCUT2D eigenvalue weighted by Gasteiger charge is 2.00. The number of nitrogens with two attached hydrogens (primary N) is 1. The molecule has 72 valence electrons. The second-order valence-corrected chi connectivity index (χ2v) is 2.83. The van der Waals surface area contributed by atoms with Crippen LogP contribution in [-0.4, -0.2) is 27.7 Å². The maximum atomic E-state index is 8.77. The molecule has 13 heavy (non-hydrogen) atoms. The van der Waals surface area contributed by atoms with Crippen molar-refractivity contribution in [2.24, 2.45) is 5.73 Å². The van der Waals surface area contributed by atoms with Crippen LogP contribution in [0.15, 0.2) is 12.4 Å². The minimum Gasteiger partial charge on any atom is -0.394 e. The standard InChI is InChI=1S/C8H14N4O/c1-6(5-13)12-8-4-10-7(2-9)3-11-8/h3-4,6,13H,2,5,9H2,1H3,(H,11,12). The Morgan fingerprint density at radius 3 is 2.77 bits per heavy atom. The third kappa shape index (κ3) is 2.96. The van der Waals surface area contributed by atoms with E-state index in [1.165, 1.54) is 0 Å². The van der Waals surface area contributed by atoms with Crippen molar-refractivity contribution in [3.05, 3.63) is 18.1 Å². The summed E-state index contributed by atoms with van der Waals surface area (Å²) in [7, 11) is 0. The smallest absolute Gasteiger partial charge is 0.144 e.